The first kappa shape index (κ1) is 13.4. The summed E-state index contributed by atoms with van der Waals surface area (Å²) in [6, 6.07) is 10.2. The molecule has 0 radical (unpaired) electrons. The minimum atomic E-state index is -0.0762. The minimum Gasteiger partial charge on any atom is -0.461 e. The van der Waals surface area contributed by atoms with Crippen molar-refractivity contribution < 1.29 is 9.53 Å². The molecule has 1 aliphatic rings. The van der Waals surface area contributed by atoms with Gasteiger partial charge in [-0.1, -0.05) is 50.1 Å². The zero-order valence-electron chi connectivity index (χ0n) is 10.6. The van der Waals surface area contributed by atoms with Crippen LogP contribution in [0.4, 0.5) is 0 Å². The van der Waals surface area contributed by atoms with Gasteiger partial charge in [-0.2, -0.15) is 0 Å². The third kappa shape index (κ3) is 3.75. The van der Waals surface area contributed by atoms with Crippen LogP contribution in [-0.4, -0.2) is 22.9 Å². The number of hydrogen-bond donors (Lipinski definition) is 1. The molecular formula is C14H19NO2S. The summed E-state index contributed by atoms with van der Waals surface area (Å²) in [5.41, 5.74) is 1.21. The van der Waals surface area contributed by atoms with Crippen LogP contribution in [0.2, 0.25) is 0 Å². The Balaban J connectivity index is 1.81. The Morgan fingerprint density at radius 2 is 2.06 bits per heavy atom. The lowest BCUT2D eigenvalue weighted by Crippen LogP contribution is -2.36. The number of nitrogens with zero attached hydrogens (tertiary/aromatic N) is 1. The van der Waals surface area contributed by atoms with Gasteiger partial charge in [0.05, 0.1) is 5.92 Å². The van der Waals surface area contributed by atoms with Crippen LogP contribution in [-0.2, 0) is 16.1 Å². The summed E-state index contributed by atoms with van der Waals surface area (Å²) in [7, 11) is 0. The summed E-state index contributed by atoms with van der Waals surface area (Å²) in [5.74, 6) is -0.0311. The van der Waals surface area contributed by atoms with Crippen molar-refractivity contribution in [2.24, 2.45) is 5.92 Å². The van der Waals surface area contributed by atoms with Crippen molar-refractivity contribution in [1.29, 1.82) is 0 Å². The average Bonchev–Trinajstić information content (AvgIpc) is 2.35. The standard InChI is InChI=1S/C14H19NO2S/c1-11-7-8-13(17-14(11)16)10-15(18)9-12-5-3-2-4-6-12/h2-6,11,13,18H,7-10H2,1H3. The molecule has 0 N–H and O–H groups in total. The van der Waals surface area contributed by atoms with E-state index in [4.69, 9.17) is 4.74 Å². The first-order valence-corrected chi connectivity index (χ1v) is 6.73. The molecular weight excluding hydrogens is 246 g/mol. The van der Waals surface area contributed by atoms with Crippen LogP contribution in [0, 0.1) is 5.92 Å². The van der Waals surface area contributed by atoms with Gasteiger partial charge in [0.2, 0.25) is 0 Å². The van der Waals surface area contributed by atoms with Crippen molar-refractivity contribution in [2.45, 2.75) is 32.4 Å². The molecule has 2 unspecified atom stereocenters. The Morgan fingerprint density at radius 3 is 2.72 bits per heavy atom. The smallest absolute Gasteiger partial charge is 0.308 e. The molecule has 3 nitrogen and oxygen atoms in total. The Labute approximate surface area is 114 Å². The third-order valence-corrected chi connectivity index (χ3v) is 3.53. The number of benzene rings is 1. The maximum atomic E-state index is 11.5. The zero-order valence-corrected chi connectivity index (χ0v) is 11.5. The van der Waals surface area contributed by atoms with Crippen molar-refractivity contribution >= 4 is 18.8 Å². The molecule has 0 aromatic heterocycles. The molecule has 0 spiro atoms. The molecule has 1 aromatic rings. The fourth-order valence-electron chi connectivity index (χ4n) is 2.12. The van der Waals surface area contributed by atoms with E-state index in [0.29, 0.717) is 6.54 Å². The summed E-state index contributed by atoms with van der Waals surface area (Å²) in [5, 5.41) is 0. The van der Waals surface area contributed by atoms with Gasteiger partial charge in [-0.15, -0.1) is 0 Å². The molecule has 1 heterocycles. The largest absolute Gasteiger partial charge is 0.461 e. The highest BCUT2D eigenvalue weighted by atomic mass is 32.1. The van der Waals surface area contributed by atoms with Crippen LogP contribution in [0.5, 0.6) is 0 Å². The van der Waals surface area contributed by atoms with Crippen molar-refractivity contribution in [1.82, 2.24) is 4.31 Å². The molecule has 0 bridgehead atoms. The molecule has 0 amide bonds. The number of carbonyl (C=O) groups excluding carboxylic acids is 1. The molecule has 18 heavy (non-hydrogen) atoms. The predicted molar refractivity (Wildman–Crippen MR) is 74.1 cm³/mol. The van der Waals surface area contributed by atoms with Gasteiger partial charge >= 0.3 is 5.97 Å². The lowest BCUT2D eigenvalue weighted by molar-refractivity contribution is -0.159. The van der Waals surface area contributed by atoms with Gasteiger partial charge in [0.25, 0.3) is 0 Å². The van der Waals surface area contributed by atoms with E-state index >= 15 is 0 Å². The topological polar surface area (TPSA) is 29.5 Å². The third-order valence-electron chi connectivity index (χ3n) is 3.23. The zero-order chi connectivity index (χ0) is 13.0. The van der Waals surface area contributed by atoms with Gasteiger partial charge in [0.15, 0.2) is 0 Å². The van der Waals surface area contributed by atoms with Gasteiger partial charge < -0.3 is 4.74 Å². The normalized spacial score (nSPS) is 24.1. The van der Waals surface area contributed by atoms with Crippen LogP contribution in [0.15, 0.2) is 30.3 Å². The first-order chi connectivity index (χ1) is 8.65. The summed E-state index contributed by atoms with van der Waals surface area (Å²) in [4.78, 5) is 11.5. The Hall–Kier alpha value is -1.00. The molecule has 1 aliphatic heterocycles. The Bertz CT molecular complexity index is 396. The van der Waals surface area contributed by atoms with E-state index in [2.05, 4.69) is 24.9 Å². The first-order valence-electron chi connectivity index (χ1n) is 6.33. The molecule has 2 rings (SSSR count). The monoisotopic (exact) mass is 265 g/mol. The van der Waals surface area contributed by atoms with Gasteiger partial charge in [-0.3, -0.25) is 4.79 Å². The van der Waals surface area contributed by atoms with Gasteiger partial charge in [-0.25, -0.2) is 4.31 Å². The van der Waals surface area contributed by atoms with Crippen LogP contribution in [0.3, 0.4) is 0 Å². The summed E-state index contributed by atoms with van der Waals surface area (Å²) in [6.07, 6.45) is 1.82. The SMILES string of the molecule is CC1CCC(CN(S)Cc2ccccc2)OC1=O. The van der Waals surface area contributed by atoms with E-state index < -0.39 is 0 Å². The molecule has 1 aromatic carbocycles. The summed E-state index contributed by atoms with van der Waals surface area (Å²) < 4.78 is 7.28. The van der Waals surface area contributed by atoms with Crippen molar-refractivity contribution in [2.75, 3.05) is 6.54 Å². The van der Waals surface area contributed by atoms with E-state index in [9.17, 15) is 4.79 Å². The number of thiol groups is 1. The minimum absolute atomic E-state index is 0.0186. The Kier molecular flexibility index (Phi) is 4.66. The van der Waals surface area contributed by atoms with Gasteiger partial charge in [0.1, 0.15) is 6.10 Å². The lowest BCUT2D eigenvalue weighted by Gasteiger charge is -2.29. The van der Waals surface area contributed by atoms with Crippen molar-refractivity contribution in [3.05, 3.63) is 35.9 Å². The number of cyclic esters (lactones) is 1. The summed E-state index contributed by atoms with van der Waals surface area (Å²) >= 11 is 4.45. The maximum Gasteiger partial charge on any atom is 0.308 e. The van der Waals surface area contributed by atoms with E-state index in [0.717, 1.165) is 19.4 Å². The van der Waals surface area contributed by atoms with Crippen LogP contribution in [0.25, 0.3) is 0 Å². The number of esters is 1. The van der Waals surface area contributed by atoms with E-state index in [1.807, 2.05) is 29.4 Å². The molecule has 98 valence electrons. The van der Waals surface area contributed by atoms with Crippen molar-refractivity contribution in [3.8, 4) is 0 Å². The predicted octanol–water partition coefficient (Wildman–Crippen LogP) is 2.68. The number of ether oxygens (including phenoxy) is 1. The quantitative estimate of drug-likeness (QED) is 0.670. The second-order valence-corrected chi connectivity index (χ2v) is 5.44. The van der Waals surface area contributed by atoms with E-state index in [-0.39, 0.29) is 18.0 Å². The molecule has 4 heteroatoms. The highest BCUT2D eigenvalue weighted by molar-refractivity contribution is 7.77. The molecule has 1 fully saturated rings. The van der Waals surface area contributed by atoms with E-state index in [1.54, 1.807) is 0 Å². The highest BCUT2D eigenvalue weighted by Crippen LogP contribution is 2.21. The molecule has 2 atom stereocenters. The molecule has 0 saturated carbocycles. The number of rotatable bonds is 4. The van der Waals surface area contributed by atoms with Gasteiger partial charge in [-0.05, 0) is 18.4 Å². The second-order valence-electron chi connectivity index (χ2n) is 4.87. The summed E-state index contributed by atoms with van der Waals surface area (Å²) in [6.45, 7) is 3.35. The van der Waals surface area contributed by atoms with Crippen LogP contribution < -0.4 is 0 Å². The van der Waals surface area contributed by atoms with Crippen molar-refractivity contribution in [3.63, 3.8) is 0 Å². The number of carbonyl (C=O) groups is 1. The van der Waals surface area contributed by atoms with Crippen LogP contribution >= 0.6 is 12.8 Å². The fourth-order valence-corrected chi connectivity index (χ4v) is 2.46. The van der Waals surface area contributed by atoms with Gasteiger partial charge in [0, 0.05) is 13.1 Å². The highest BCUT2D eigenvalue weighted by Gasteiger charge is 2.27. The van der Waals surface area contributed by atoms with Crippen LogP contribution in [0.1, 0.15) is 25.3 Å². The average molecular weight is 265 g/mol. The maximum absolute atomic E-state index is 11.5. The second kappa shape index (κ2) is 6.25. The lowest BCUT2D eigenvalue weighted by atomic mass is 9.99. The molecule has 1 saturated heterocycles. The molecule has 0 aliphatic carbocycles. The number of hydrogen-bond acceptors (Lipinski definition) is 4. The van der Waals surface area contributed by atoms with E-state index in [1.165, 1.54) is 5.56 Å². The fraction of sp³-hybridized carbons (Fsp3) is 0.500. The Morgan fingerprint density at radius 1 is 1.33 bits per heavy atom.